The van der Waals surface area contributed by atoms with E-state index in [2.05, 4.69) is 31.3 Å². The molecule has 2 aromatic rings. The number of anilines is 1. The number of thiocarbonyl (C=S) groups is 1. The molecule has 156 valence electrons. The molecule has 1 aliphatic rings. The molecule has 7 heteroatoms. The van der Waals surface area contributed by atoms with E-state index in [9.17, 15) is 9.59 Å². The molecule has 2 aromatic carbocycles. The summed E-state index contributed by atoms with van der Waals surface area (Å²) in [6.45, 7) is 6.52. The monoisotopic (exact) mass is 440 g/mol. The summed E-state index contributed by atoms with van der Waals surface area (Å²) in [6, 6.07) is 15.2. The molecule has 1 N–H and O–H groups in total. The van der Waals surface area contributed by atoms with Gasteiger partial charge in [0.15, 0.2) is 0 Å². The lowest BCUT2D eigenvalue weighted by Gasteiger charge is -2.17. The van der Waals surface area contributed by atoms with Crippen LogP contribution in [0, 0.1) is 0 Å². The fraction of sp³-hybridized carbons (Fsp3) is 0.261. The number of esters is 1. The minimum absolute atomic E-state index is 0.154. The van der Waals surface area contributed by atoms with Crippen molar-refractivity contribution in [2.75, 3.05) is 18.6 Å². The molecule has 0 radical (unpaired) electrons. The van der Waals surface area contributed by atoms with Crippen LogP contribution in [-0.4, -0.2) is 34.4 Å². The molecule has 1 amide bonds. The van der Waals surface area contributed by atoms with Gasteiger partial charge in [0, 0.05) is 0 Å². The molecule has 0 unspecified atom stereocenters. The first-order chi connectivity index (χ1) is 14.4. The fourth-order valence-corrected chi connectivity index (χ4v) is 4.21. The standard InChI is InChI=1S/C23H24N2O3S2/c1-4-28-22(27)18-7-5-6-8-19(18)24-14-25-21(26)20(30-23(25)29)13-16-9-11-17(12-10-16)15(2)3/h5-13,15,24H,4,14H2,1-3H3/b20-13+. The number of rotatable bonds is 7. The van der Waals surface area contributed by atoms with E-state index < -0.39 is 5.97 Å². The SMILES string of the molecule is CCOC(=O)c1ccccc1NCN1C(=O)/C(=C\c2ccc(C(C)C)cc2)SC1=S. The predicted molar refractivity (Wildman–Crippen MR) is 126 cm³/mol. The van der Waals surface area contributed by atoms with Crippen LogP contribution in [-0.2, 0) is 9.53 Å². The molecule has 1 saturated heterocycles. The maximum Gasteiger partial charge on any atom is 0.340 e. The predicted octanol–water partition coefficient (Wildman–Crippen LogP) is 5.26. The lowest BCUT2D eigenvalue weighted by molar-refractivity contribution is -0.121. The van der Waals surface area contributed by atoms with Crippen molar-refractivity contribution in [3.05, 3.63) is 70.1 Å². The van der Waals surface area contributed by atoms with Crippen LogP contribution in [0.25, 0.3) is 6.08 Å². The maximum absolute atomic E-state index is 12.9. The summed E-state index contributed by atoms with van der Waals surface area (Å²) < 4.78 is 5.57. The number of nitrogens with zero attached hydrogens (tertiary/aromatic N) is 1. The number of carbonyl (C=O) groups is 2. The van der Waals surface area contributed by atoms with Crippen LogP contribution >= 0.6 is 24.0 Å². The van der Waals surface area contributed by atoms with Gasteiger partial charge >= 0.3 is 5.97 Å². The lowest BCUT2D eigenvalue weighted by Crippen LogP contribution is -2.33. The van der Waals surface area contributed by atoms with Crippen molar-refractivity contribution in [1.82, 2.24) is 4.90 Å². The highest BCUT2D eigenvalue weighted by Crippen LogP contribution is 2.32. The van der Waals surface area contributed by atoms with Gasteiger partial charge in [0.1, 0.15) is 4.32 Å². The Balaban J connectivity index is 1.71. The summed E-state index contributed by atoms with van der Waals surface area (Å²) in [5, 5.41) is 3.14. The van der Waals surface area contributed by atoms with Crippen molar-refractivity contribution < 1.29 is 14.3 Å². The van der Waals surface area contributed by atoms with Gasteiger partial charge in [-0.1, -0.05) is 74.2 Å². The van der Waals surface area contributed by atoms with E-state index in [0.29, 0.717) is 33.0 Å². The zero-order chi connectivity index (χ0) is 21.7. The average molecular weight is 441 g/mol. The maximum atomic E-state index is 12.9. The Bertz CT molecular complexity index is 984. The lowest BCUT2D eigenvalue weighted by atomic mass is 10.0. The molecular formula is C23H24N2O3S2. The first kappa shape index (κ1) is 22.1. The van der Waals surface area contributed by atoms with Gasteiger partial charge in [-0.05, 0) is 42.2 Å². The van der Waals surface area contributed by atoms with Crippen LogP contribution in [0.3, 0.4) is 0 Å². The zero-order valence-electron chi connectivity index (χ0n) is 17.2. The molecule has 0 atom stereocenters. The first-order valence-electron chi connectivity index (χ1n) is 9.76. The number of carbonyl (C=O) groups excluding carboxylic acids is 2. The van der Waals surface area contributed by atoms with Crippen molar-refractivity contribution in [1.29, 1.82) is 0 Å². The molecule has 1 fully saturated rings. The van der Waals surface area contributed by atoms with E-state index in [-0.39, 0.29) is 12.6 Å². The van der Waals surface area contributed by atoms with E-state index >= 15 is 0 Å². The molecule has 0 bridgehead atoms. The topological polar surface area (TPSA) is 58.6 Å². The molecule has 0 aromatic heterocycles. The summed E-state index contributed by atoms with van der Waals surface area (Å²) >= 11 is 6.68. The Labute approximate surface area is 186 Å². The average Bonchev–Trinajstić information content (AvgIpc) is 3.00. The molecule has 0 spiro atoms. The van der Waals surface area contributed by atoms with Crippen LogP contribution in [0.1, 0.15) is 48.2 Å². The highest BCUT2D eigenvalue weighted by atomic mass is 32.2. The molecule has 30 heavy (non-hydrogen) atoms. The van der Waals surface area contributed by atoms with Gasteiger partial charge in [0.25, 0.3) is 5.91 Å². The Morgan fingerprint density at radius 1 is 1.20 bits per heavy atom. The number of nitrogens with one attached hydrogen (secondary N) is 1. The smallest absolute Gasteiger partial charge is 0.340 e. The van der Waals surface area contributed by atoms with E-state index in [1.165, 1.54) is 22.2 Å². The number of benzene rings is 2. The summed E-state index contributed by atoms with van der Waals surface area (Å²) in [5.41, 5.74) is 3.23. The van der Waals surface area contributed by atoms with Gasteiger partial charge in [0.05, 0.1) is 29.4 Å². The number of hydrogen-bond donors (Lipinski definition) is 1. The van der Waals surface area contributed by atoms with Crippen molar-refractivity contribution in [3.63, 3.8) is 0 Å². The number of para-hydroxylation sites is 1. The minimum Gasteiger partial charge on any atom is -0.462 e. The Morgan fingerprint density at radius 2 is 1.90 bits per heavy atom. The second-order valence-electron chi connectivity index (χ2n) is 7.03. The van der Waals surface area contributed by atoms with Gasteiger partial charge < -0.3 is 10.1 Å². The first-order valence-corrected chi connectivity index (χ1v) is 11.0. The summed E-state index contributed by atoms with van der Waals surface area (Å²) in [6.07, 6.45) is 1.86. The van der Waals surface area contributed by atoms with E-state index in [0.717, 1.165) is 5.56 Å². The molecule has 0 aliphatic carbocycles. The number of ether oxygens (including phenoxy) is 1. The molecule has 1 heterocycles. The summed E-state index contributed by atoms with van der Waals surface area (Å²) in [7, 11) is 0. The zero-order valence-corrected chi connectivity index (χ0v) is 18.8. The summed E-state index contributed by atoms with van der Waals surface area (Å²) in [5.74, 6) is -0.101. The number of thioether (sulfide) groups is 1. The number of amides is 1. The molecular weight excluding hydrogens is 416 g/mol. The van der Waals surface area contributed by atoms with E-state index in [1.54, 1.807) is 25.1 Å². The van der Waals surface area contributed by atoms with E-state index in [4.69, 9.17) is 17.0 Å². The fourth-order valence-electron chi connectivity index (χ4n) is 2.95. The van der Waals surface area contributed by atoms with Crippen LogP contribution < -0.4 is 5.32 Å². The normalized spacial score (nSPS) is 15.2. The van der Waals surface area contributed by atoms with Gasteiger partial charge in [-0.2, -0.15) is 0 Å². The van der Waals surface area contributed by atoms with Gasteiger partial charge in [-0.3, -0.25) is 9.69 Å². The van der Waals surface area contributed by atoms with Crippen LogP contribution in [0.2, 0.25) is 0 Å². The van der Waals surface area contributed by atoms with Crippen molar-refractivity contribution >= 4 is 51.9 Å². The van der Waals surface area contributed by atoms with Crippen molar-refractivity contribution in [3.8, 4) is 0 Å². The molecule has 5 nitrogen and oxygen atoms in total. The molecule has 0 saturated carbocycles. The second-order valence-corrected chi connectivity index (χ2v) is 8.71. The minimum atomic E-state index is -0.407. The molecule has 1 aliphatic heterocycles. The van der Waals surface area contributed by atoms with Crippen LogP contribution in [0.4, 0.5) is 5.69 Å². The third kappa shape index (κ3) is 5.09. The third-order valence-corrected chi connectivity index (χ3v) is 6.00. The van der Waals surface area contributed by atoms with Gasteiger partial charge in [-0.25, -0.2) is 4.79 Å². The largest absolute Gasteiger partial charge is 0.462 e. The molecule has 3 rings (SSSR count). The summed E-state index contributed by atoms with van der Waals surface area (Å²) in [4.78, 5) is 27.1. The van der Waals surface area contributed by atoms with Crippen molar-refractivity contribution in [2.24, 2.45) is 0 Å². The van der Waals surface area contributed by atoms with E-state index in [1.807, 2.05) is 24.3 Å². The Hall–Kier alpha value is -2.64. The van der Waals surface area contributed by atoms with Crippen LogP contribution in [0.15, 0.2) is 53.4 Å². The van der Waals surface area contributed by atoms with Gasteiger partial charge in [-0.15, -0.1) is 0 Å². The number of hydrogen-bond acceptors (Lipinski definition) is 6. The van der Waals surface area contributed by atoms with Gasteiger partial charge in [0.2, 0.25) is 0 Å². The second kappa shape index (κ2) is 9.91. The quantitative estimate of drug-likeness (QED) is 0.360. The Kier molecular flexibility index (Phi) is 7.29. The van der Waals surface area contributed by atoms with Crippen LogP contribution in [0.5, 0.6) is 0 Å². The highest BCUT2D eigenvalue weighted by Gasteiger charge is 2.32. The third-order valence-electron chi connectivity index (χ3n) is 4.62. The van der Waals surface area contributed by atoms with Crippen molar-refractivity contribution in [2.45, 2.75) is 26.7 Å². The Morgan fingerprint density at radius 3 is 2.57 bits per heavy atom. The highest BCUT2D eigenvalue weighted by molar-refractivity contribution is 8.26.